The van der Waals surface area contributed by atoms with Gasteiger partial charge in [-0.2, -0.15) is 0 Å². The van der Waals surface area contributed by atoms with E-state index in [0.29, 0.717) is 5.57 Å². The highest BCUT2D eigenvalue weighted by atomic mass is 32.2. The second-order valence-electron chi connectivity index (χ2n) is 2.08. The second kappa shape index (κ2) is 4.79. The predicted molar refractivity (Wildman–Crippen MR) is 50.9 cm³/mol. The third-order valence-corrected chi connectivity index (χ3v) is 3.65. The first-order valence-corrected chi connectivity index (χ1v) is 5.43. The Morgan fingerprint density at radius 3 is 3.00 bits per heavy atom. The summed E-state index contributed by atoms with van der Waals surface area (Å²) >= 11 is 3.17. The minimum atomic E-state index is -0.304. The van der Waals surface area contributed by atoms with Crippen molar-refractivity contribution < 1.29 is 14.3 Å². The van der Waals surface area contributed by atoms with Gasteiger partial charge in [-0.3, -0.25) is 0 Å². The molecule has 1 rings (SSSR count). The molecule has 0 amide bonds. The largest absolute Gasteiger partial charge is 0.466 e. The van der Waals surface area contributed by atoms with Gasteiger partial charge in [0.05, 0.1) is 12.7 Å². The fourth-order valence-corrected chi connectivity index (χ4v) is 2.87. The molecule has 0 radical (unpaired) electrons. The van der Waals surface area contributed by atoms with Crippen LogP contribution in [0.1, 0.15) is 0 Å². The van der Waals surface area contributed by atoms with Crippen LogP contribution in [-0.2, 0) is 14.3 Å². The van der Waals surface area contributed by atoms with Crippen molar-refractivity contribution in [2.45, 2.75) is 5.44 Å². The third-order valence-electron chi connectivity index (χ3n) is 1.39. The molecular formula is C7H10O3S2. The average molecular weight is 206 g/mol. The number of carbonyl (C=O) groups excluding carboxylic acids is 1. The molecule has 0 aromatic carbocycles. The Labute approximate surface area is 79.9 Å². The molecule has 1 aliphatic heterocycles. The summed E-state index contributed by atoms with van der Waals surface area (Å²) < 4.78 is 9.72. The average Bonchev–Trinajstić information content (AvgIpc) is 2.16. The topological polar surface area (TPSA) is 35.5 Å². The van der Waals surface area contributed by atoms with Crippen LogP contribution in [0.15, 0.2) is 11.0 Å². The number of ether oxygens (including phenoxy) is 2. The van der Waals surface area contributed by atoms with Gasteiger partial charge in [-0.05, 0) is 5.41 Å². The van der Waals surface area contributed by atoms with Crippen LogP contribution in [0.25, 0.3) is 0 Å². The summed E-state index contributed by atoms with van der Waals surface area (Å²) in [6.45, 7) is 0. The van der Waals surface area contributed by atoms with Gasteiger partial charge in [0.15, 0.2) is 0 Å². The molecule has 0 bridgehead atoms. The summed E-state index contributed by atoms with van der Waals surface area (Å²) in [5.74, 6) is -0.304. The molecule has 1 heterocycles. The van der Waals surface area contributed by atoms with Gasteiger partial charge in [0, 0.05) is 12.2 Å². The lowest BCUT2D eigenvalue weighted by atomic mass is 10.3. The number of thioether (sulfide) groups is 2. The van der Waals surface area contributed by atoms with E-state index in [4.69, 9.17) is 4.74 Å². The Balaban J connectivity index is 2.70. The van der Waals surface area contributed by atoms with Gasteiger partial charge in [-0.25, -0.2) is 4.79 Å². The lowest BCUT2D eigenvalue weighted by Crippen LogP contribution is -2.20. The first-order valence-electron chi connectivity index (χ1n) is 3.34. The Hall–Kier alpha value is -0.130. The molecule has 0 aromatic rings. The molecule has 0 N–H and O–H groups in total. The molecule has 0 aromatic heterocycles. The van der Waals surface area contributed by atoms with Gasteiger partial charge in [0.25, 0.3) is 0 Å². The van der Waals surface area contributed by atoms with E-state index in [9.17, 15) is 4.79 Å². The summed E-state index contributed by atoms with van der Waals surface area (Å²) in [5, 5.41) is 2.72. The van der Waals surface area contributed by atoms with Crippen LogP contribution < -0.4 is 0 Å². The van der Waals surface area contributed by atoms with Crippen molar-refractivity contribution in [1.82, 2.24) is 0 Å². The summed E-state index contributed by atoms with van der Waals surface area (Å²) in [5.41, 5.74) is 0.431. The number of carbonyl (C=O) groups is 1. The van der Waals surface area contributed by atoms with E-state index >= 15 is 0 Å². The first-order chi connectivity index (χ1) is 5.79. The van der Waals surface area contributed by atoms with Crippen LogP contribution in [-0.4, -0.2) is 30.7 Å². The van der Waals surface area contributed by atoms with Crippen LogP contribution >= 0.6 is 23.5 Å². The van der Waals surface area contributed by atoms with Crippen LogP contribution in [0.5, 0.6) is 0 Å². The van der Waals surface area contributed by atoms with Gasteiger partial charge in [-0.15, -0.1) is 23.5 Å². The first kappa shape index (κ1) is 9.95. The predicted octanol–water partition coefficient (Wildman–Crippen LogP) is 1.45. The van der Waals surface area contributed by atoms with Crippen molar-refractivity contribution in [3.05, 3.63) is 11.0 Å². The van der Waals surface area contributed by atoms with E-state index in [-0.39, 0.29) is 11.4 Å². The van der Waals surface area contributed by atoms with Gasteiger partial charge in [-0.1, -0.05) is 0 Å². The zero-order valence-electron chi connectivity index (χ0n) is 6.90. The monoisotopic (exact) mass is 206 g/mol. The number of esters is 1. The molecule has 68 valence electrons. The van der Waals surface area contributed by atoms with Crippen LogP contribution in [0, 0.1) is 0 Å². The maximum Gasteiger partial charge on any atom is 0.337 e. The number of rotatable bonds is 2. The van der Waals surface area contributed by atoms with Crippen LogP contribution in [0.3, 0.4) is 0 Å². The zero-order valence-corrected chi connectivity index (χ0v) is 8.54. The van der Waals surface area contributed by atoms with Crippen molar-refractivity contribution in [2.75, 3.05) is 19.3 Å². The summed E-state index contributed by atoms with van der Waals surface area (Å²) in [6.07, 6.45) is 0. The fourth-order valence-electron chi connectivity index (χ4n) is 0.827. The van der Waals surface area contributed by atoms with Crippen molar-refractivity contribution in [1.29, 1.82) is 0 Å². The SMILES string of the molecule is COC(=O)C1=CSCS[C@@H]1OC. The molecule has 0 saturated heterocycles. The Morgan fingerprint density at radius 1 is 1.67 bits per heavy atom. The molecule has 0 fully saturated rings. The maximum absolute atomic E-state index is 11.1. The van der Waals surface area contributed by atoms with Gasteiger partial charge in [0.2, 0.25) is 0 Å². The van der Waals surface area contributed by atoms with E-state index in [1.165, 1.54) is 7.11 Å². The van der Waals surface area contributed by atoms with Crippen molar-refractivity contribution >= 4 is 29.5 Å². The Bertz CT molecular complexity index is 203. The summed E-state index contributed by atoms with van der Waals surface area (Å²) in [6, 6.07) is 0. The van der Waals surface area contributed by atoms with Gasteiger partial charge >= 0.3 is 5.97 Å². The van der Waals surface area contributed by atoms with E-state index < -0.39 is 0 Å². The smallest absolute Gasteiger partial charge is 0.337 e. The maximum atomic E-state index is 11.1. The lowest BCUT2D eigenvalue weighted by molar-refractivity contribution is -0.136. The van der Waals surface area contributed by atoms with Crippen molar-refractivity contribution in [3.8, 4) is 0 Å². The summed E-state index contributed by atoms with van der Waals surface area (Å²) in [7, 11) is 2.96. The van der Waals surface area contributed by atoms with Crippen LogP contribution in [0.4, 0.5) is 0 Å². The standard InChI is InChI=1S/C7H10O3S2/c1-9-6(8)5-3-11-4-12-7(5)10-2/h3,7H,4H2,1-2H3/t7-/m0/s1. The van der Waals surface area contributed by atoms with E-state index in [1.54, 1.807) is 36.0 Å². The Morgan fingerprint density at radius 2 is 2.42 bits per heavy atom. The van der Waals surface area contributed by atoms with Gasteiger partial charge < -0.3 is 9.47 Å². The van der Waals surface area contributed by atoms with Crippen LogP contribution in [0.2, 0.25) is 0 Å². The van der Waals surface area contributed by atoms with E-state index in [2.05, 4.69) is 4.74 Å². The molecule has 0 unspecified atom stereocenters. The minimum absolute atomic E-state index is 0.168. The van der Waals surface area contributed by atoms with E-state index in [1.807, 2.05) is 0 Å². The molecule has 0 spiro atoms. The number of methoxy groups -OCH3 is 2. The third kappa shape index (κ3) is 2.18. The van der Waals surface area contributed by atoms with Crippen molar-refractivity contribution in [3.63, 3.8) is 0 Å². The summed E-state index contributed by atoms with van der Waals surface area (Å²) in [4.78, 5) is 11.1. The molecule has 5 heteroatoms. The van der Waals surface area contributed by atoms with E-state index in [0.717, 1.165) is 5.08 Å². The highest BCUT2D eigenvalue weighted by molar-refractivity contribution is 8.18. The molecule has 12 heavy (non-hydrogen) atoms. The molecular weight excluding hydrogens is 196 g/mol. The highest BCUT2D eigenvalue weighted by Crippen LogP contribution is 2.32. The molecule has 3 nitrogen and oxygen atoms in total. The van der Waals surface area contributed by atoms with Crippen molar-refractivity contribution in [2.24, 2.45) is 0 Å². The molecule has 1 aliphatic rings. The second-order valence-corrected chi connectivity index (χ2v) is 4.36. The molecule has 1 atom stereocenters. The van der Waals surface area contributed by atoms with Gasteiger partial charge in [0.1, 0.15) is 5.44 Å². The number of hydrogen-bond acceptors (Lipinski definition) is 5. The number of hydrogen-bond donors (Lipinski definition) is 0. The highest BCUT2D eigenvalue weighted by Gasteiger charge is 2.24. The quantitative estimate of drug-likeness (QED) is 0.639. The molecule has 0 saturated carbocycles. The normalized spacial score (nSPS) is 23.2. The molecule has 0 aliphatic carbocycles. The zero-order chi connectivity index (χ0) is 8.97. The lowest BCUT2D eigenvalue weighted by Gasteiger charge is -2.19. The fraction of sp³-hybridized carbons (Fsp3) is 0.571. The Kier molecular flexibility index (Phi) is 3.97. The minimum Gasteiger partial charge on any atom is -0.466 e.